The molecule has 1 rings (SSSR count). The van der Waals surface area contributed by atoms with Crippen molar-refractivity contribution >= 4 is 11.8 Å². The SMILES string of the molecule is NC(=O)[C@H](CNC(=O)COCC(F)(F)F)Cc1ccc(F)cc1. The number of ether oxygens (including phenoxy) is 1. The fourth-order valence-electron chi connectivity index (χ4n) is 1.73. The summed E-state index contributed by atoms with van der Waals surface area (Å²) in [6, 6.07) is 5.38. The van der Waals surface area contributed by atoms with Crippen LogP contribution in [0.5, 0.6) is 0 Å². The molecule has 0 heterocycles. The van der Waals surface area contributed by atoms with Crippen LogP contribution in [0, 0.1) is 11.7 Å². The van der Waals surface area contributed by atoms with Crippen LogP contribution in [0.1, 0.15) is 5.56 Å². The predicted octanol–water partition coefficient (Wildman–Crippen LogP) is 1.16. The first-order chi connectivity index (χ1) is 10.7. The van der Waals surface area contributed by atoms with Crippen molar-refractivity contribution in [2.45, 2.75) is 12.6 Å². The molecule has 23 heavy (non-hydrogen) atoms. The molecule has 0 saturated heterocycles. The van der Waals surface area contributed by atoms with Crippen LogP contribution in [0.2, 0.25) is 0 Å². The number of primary amides is 1. The van der Waals surface area contributed by atoms with Gasteiger partial charge in [0.25, 0.3) is 0 Å². The van der Waals surface area contributed by atoms with E-state index in [4.69, 9.17) is 5.73 Å². The third-order valence-electron chi connectivity index (χ3n) is 2.84. The lowest BCUT2D eigenvalue weighted by molar-refractivity contribution is -0.175. The molecule has 2 amide bonds. The van der Waals surface area contributed by atoms with Gasteiger partial charge in [0.1, 0.15) is 19.0 Å². The maximum absolute atomic E-state index is 12.8. The third kappa shape index (κ3) is 8.15. The van der Waals surface area contributed by atoms with Gasteiger partial charge < -0.3 is 15.8 Å². The second-order valence-corrected chi connectivity index (χ2v) is 4.84. The lowest BCUT2D eigenvalue weighted by Crippen LogP contribution is -2.39. The maximum Gasteiger partial charge on any atom is 0.411 e. The first-order valence-electron chi connectivity index (χ1n) is 6.62. The largest absolute Gasteiger partial charge is 0.411 e. The van der Waals surface area contributed by atoms with Crippen molar-refractivity contribution < 1.29 is 31.9 Å². The molecule has 1 atom stereocenters. The summed E-state index contributed by atoms with van der Waals surface area (Å²) < 4.78 is 52.5. The number of nitrogens with two attached hydrogens (primary N) is 1. The molecule has 0 aliphatic heterocycles. The number of carbonyl (C=O) groups is 2. The van der Waals surface area contributed by atoms with Gasteiger partial charge in [0.2, 0.25) is 11.8 Å². The zero-order valence-electron chi connectivity index (χ0n) is 12.0. The van der Waals surface area contributed by atoms with Crippen molar-refractivity contribution in [1.82, 2.24) is 5.32 Å². The second kappa shape index (κ2) is 8.47. The molecule has 1 aromatic rings. The fourth-order valence-corrected chi connectivity index (χ4v) is 1.73. The van der Waals surface area contributed by atoms with Crippen LogP contribution in [0.15, 0.2) is 24.3 Å². The first kappa shape index (κ1) is 18.9. The number of hydrogen-bond donors (Lipinski definition) is 2. The summed E-state index contributed by atoms with van der Waals surface area (Å²) >= 11 is 0. The Balaban J connectivity index is 2.42. The van der Waals surface area contributed by atoms with E-state index in [1.54, 1.807) is 0 Å². The molecule has 0 unspecified atom stereocenters. The van der Waals surface area contributed by atoms with E-state index in [0.29, 0.717) is 5.56 Å². The molecule has 0 bridgehead atoms. The summed E-state index contributed by atoms with van der Waals surface area (Å²) in [6.45, 7) is -2.46. The Bertz CT molecular complexity index is 532. The van der Waals surface area contributed by atoms with Gasteiger partial charge in [-0.25, -0.2) is 4.39 Å². The average Bonchev–Trinajstić information content (AvgIpc) is 2.43. The van der Waals surface area contributed by atoms with Crippen LogP contribution in [0.25, 0.3) is 0 Å². The van der Waals surface area contributed by atoms with Crippen LogP contribution in [-0.4, -0.2) is 37.7 Å². The van der Waals surface area contributed by atoms with E-state index in [-0.39, 0.29) is 13.0 Å². The van der Waals surface area contributed by atoms with Gasteiger partial charge in [-0.1, -0.05) is 12.1 Å². The highest BCUT2D eigenvalue weighted by Gasteiger charge is 2.27. The highest BCUT2D eigenvalue weighted by atomic mass is 19.4. The van der Waals surface area contributed by atoms with E-state index in [9.17, 15) is 27.2 Å². The number of rotatable bonds is 8. The monoisotopic (exact) mass is 336 g/mol. The van der Waals surface area contributed by atoms with E-state index < -0.39 is 42.9 Å². The maximum atomic E-state index is 12.8. The Labute approximate surface area is 129 Å². The molecule has 0 aliphatic rings. The molecule has 0 radical (unpaired) electrons. The van der Waals surface area contributed by atoms with Crippen LogP contribution < -0.4 is 11.1 Å². The third-order valence-corrected chi connectivity index (χ3v) is 2.84. The molecule has 0 spiro atoms. The fraction of sp³-hybridized carbons (Fsp3) is 0.429. The van der Waals surface area contributed by atoms with Crippen molar-refractivity contribution in [3.8, 4) is 0 Å². The van der Waals surface area contributed by atoms with E-state index in [2.05, 4.69) is 10.1 Å². The molecule has 0 saturated carbocycles. The molecule has 0 aromatic heterocycles. The highest BCUT2D eigenvalue weighted by molar-refractivity contribution is 5.80. The van der Waals surface area contributed by atoms with Gasteiger partial charge in [0.15, 0.2) is 0 Å². The lowest BCUT2D eigenvalue weighted by Gasteiger charge is -2.15. The zero-order chi connectivity index (χ0) is 17.5. The van der Waals surface area contributed by atoms with Crippen LogP contribution in [0.4, 0.5) is 17.6 Å². The molecule has 9 heteroatoms. The number of nitrogens with one attached hydrogen (secondary N) is 1. The van der Waals surface area contributed by atoms with Crippen LogP contribution >= 0.6 is 0 Å². The van der Waals surface area contributed by atoms with Gasteiger partial charge in [0.05, 0.1) is 5.92 Å². The van der Waals surface area contributed by atoms with E-state index in [1.807, 2.05) is 0 Å². The predicted molar refractivity (Wildman–Crippen MR) is 72.7 cm³/mol. The number of hydrogen-bond acceptors (Lipinski definition) is 3. The summed E-state index contributed by atoms with van der Waals surface area (Å²) in [4.78, 5) is 22.7. The molecule has 0 aliphatic carbocycles. The van der Waals surface area contributed by atoms with Crippen molar-refractivity contribution in [3.63, 3.8) is 0 Å². The van der Waals surface area contributed by atoms with Crippen molar-refractivity contribution in [2.75, 3.05) is 19.8 Å². The lowest BCUT2D eigenvalue weighted by atomic mass is 9.98. The van der Waals surface area contributed by atoms with E-state index >= 15 is 0 Å². The second-order valence-electron chi connectivity index (χ2n) is 4.84. The number of halogens is 4. The zero-order valence-corrected chi connectivity index (χ0v) is 12.0. The summed E-state index contributed by atoms with van der Waals surface area (Å²) in [7, 11) is 0. The summed E-state index contributed by atoms with van der Waals surface area (Å²) in [6.07, 6.45) is -4.35. The van der Waals surface area contributed by atoms with Gasteiger partial charge in [0, 0.05) is 6.54 Å². The van der Waals surface area contributed by atoms with Crippen molar-refractivity contribution in [1.29, 1.82) is 0 Å². The van der Waals surface area contributed by atoms with Gasteiger partial charge >= 0.3 is 6.18 Å². The molecular weight excluding hydrogens is 320 g/mol. The Morgan fingerprint density at radius 1 is 1.22 bits per heavy atom. The van der Waals surface area contributed by atoms with Crippen molar-refractivity contribution in [3.05, 3.63) is 35.6 Å². The van der Waals surface area contributed by atoms with Crippen LogP contribution in [-0.2, 0) is 20.7 Å². The number of carbonyl (C=O) groups excluding carboxylic acids is 2. The number of alkyl halides is 3. The topological polar surface area (TPSA) is 81.4 Å². The standard InChI is InChI=1S/C14H16F4N2O3/c15-11-3-1-9(2-4-11)5-10(13(19)22)6-20-12(21)7-23-8-14(16,17)18/h1-4,10H,5-8H2,(H2,19,22)(H,20,21)/t10-/m0/s1. The quantitative estimate of drug-likeness (QED) is 0.699. The minimum atomic E-state index is -4.52. The molecular formula is C14H16F4N2O3. The Kier molecular flexibility index (Phi) is 6.95. The minimum absolute atomic E-state index is 0.152. The first-order valence-corrected chi connectivity index (χ1v) is 6.62. The number of benzene rings is 1. The summed E-state index contributed by atoms with van der Waals surface area (Å²) in [5.41, 5.74) is 5.85. The van der Waals surface area contributed by atoms with E-state index in [1.165, 1.54) is 24.3 Å². The Hall–Kier alpha value is -2.16. The highest BCUT2D eigenvalue weighted by Crippen LogP contribution is 2.14. The smallest absolute Gasteiger partial charge is 0.369 e. The van der Waals surface area contributed by atoms with Crippen LogP contribution in [0.3, 0.4) is 0 Å². The minimum Gasteiger partial charge on any atom is -0.369 e. The molecule has 128 valence electrons. The van der Waals surface area contributed by atoms with Crippen molar-refractivity contribution in [2.24, 2.45) is 11.7 Å². The molecule has 1 aromatic carbocycles. The molecule has 0 fully saturated rings. The normalized spacial score (nSPS) is 12.7. The van der Waals surface area contributed by atoms with Gasteiger partial charge in [-0.05, 0) is 24.1 Å². The molecule has 5 nitrogen and oxygen atoms in total. The van der Waals surface area contributed by atoms with Gasteiger partial charge in [-0.15, -0.1) is 0 Å². The average molecular weight is 336 g/mol. The number of amides is 2. The molecule has 3 N–H and O–H groups in total. The summed E-state index contributed by atoms with van der Waals surface area (Å²) in [5.74, 6) is -2.68. The van der Waals surface area contributed by atoms with E-state index in [0.717, 1.165) is 0 Å². The summed E-state index contributed by atoms with van der Waals surface area (Å²) in [5, 5.41) is 2.28. The van der Waals surface area contributed by atoms with Gasteiger partial charge in [-0.2, -0.15) is 13.2 Å². The van der Waals surface area contributed by atoms with Gasteiger partial charge in [-0.3, -0.25) is 9.59 Å². The Morgan fingerprint density at radius 2 is 1.83 bits per heavy atom. The Morgan fingerprint density at radius 3 is 2.35 bits per heavy atom.